The fourth-order valence-corrected chi connectivity index (χ4v) is 2.85. The van der Waals surface area contributed by atoms with Crippen molar-refractivity contribution in [3.05, 3.63) is 24.2 Å². The lowest BCUT2D eigenvalue weighted by Crippen LogP contribution is -2.53. The van der Waals surface area contributed by atoms with E-state index in [1.807, 2.05) is 12.1 Å². The maximum absolute atomic E-state index is 5.92. The molecule has 0 bridgehead atoms. The van der Waals surface area contributed by atoms with E-state index in [2.05, 4.69) is 23.6 Å². The van der Waals surface area contributed by atoms with Crippen LogP contribution in [0.25, 0.3) is 0 Å². The third kappa shape index (κ3) is 2.94. The van der Waals surface area contributed by atoms with Gasteiger partial charge in [-0.25, -0.2) is 0 Å². The minimum Gasteiger partial charge on any atom is -0.468 e. The zero-order chi connectivity index (χ0) is 13.0. The van der Waals surface area contributed by atoms with Crippen molar-refractivity contribution in [3.8, 4) is 0 Å². The maximum atomic E-state index is 5.92. The molecule has 18 heavy (non-hydrogen) atoms. The highest BCUT2D eigenvalue weighted by atomic mass is 16.3. The Bertz CT molecular complexity index is 339. The quantitative estimate of drug-likeness (QED) is 0.865. The average Bonchev–Trinajstić information content (AvgIpc) is 2.87. The molecule has 2 unspecified atom stereocenters. The molecule has 1 fully saturated rings. The van der Waals surface area contributed by atoms with Crippen molar-refractivity contribution in [2.75, 3.05) is 32.7 Å². The van der Waals surface area contributed by atoms with Crippen LogP contribution >= 0.6 is 0 Å². The third-order valence-electron chi connectivity index (χ3n) is 3.84. The van der Waals surface area contributed by atoms with E-state index in [1.165, 1.54) is 13.0 Å². The van der Waals surface area contributed by atoms with Crippen molar-refractivity contribution < 1.29 is 4.42 Å². The van der Waals surface area contributed by atoms with Crippen LogP contribution in [-0.4, -0.2) is 48.6 Å². The van der Waals surface area contributed by atoms with E-state index < -0.39 is 0 Å². The van der Waals surface area contributed by atoms with E-state index in [9.17, 15) is 0 Å². The molecule has 2 atom stereocenters. The molecule has 0 spiro atoms. The van der Waals surface area contributed by atoms with Gasteiger partial charge in [0, 0.05) is 32.2 Å². The van der Waals surface area contributed by atoms with Crippen LogP contribution in [0.2, 0.25) is 0 Å². The van der Waals surface area contributed by atoms with Crippen LogP contribution in [0.4, 0.5) is 0 Å². The molecule has 1 aromatic heterocycles. The topological polar surface area (TPSA) is 45.6 Å². The predicted octanol–water partition coefficient (Wildman–Crippen LogP) is 1.70. The number of nitrogens with zero attached hydrogens (tertiary/aromatic N) is 2. The second-order valence-corrected chi connectivity index (χ2v) is 5.15. The summed E-state index contributed by atoms with van der Waals surface area (Å²) in [6.45, 7) is 9.64. The van der Waals surface area contributed by atoms with Crippen molar-refractivity contribution in [1.29, 1.82) is 0 Å². The fourth-order valence-electron chi connectivity index (χ4n) is 2.85. The first kappa shape index (κ1) is 13.6. The summed E-state index contributed by atoms with van der Waals surface area (Å²) >= 11 is 0. The number of hydrogen-bond acceptors (Lipinski definition) is 4. The smallest absolute Gasteiger partial charge is 0.122 e. The summed E-state index contributed by atoms with van der Waals surface area (Å²) in [6.07, 6.45) is 2.96. The van der Waals surface area contributed by atoms with Gasteiger partial charge >= 0.3 is 0 Å². The second kappa shape index (κ2) is 6.36. The van der Waals surface area contributed by atoms with Gasteiger partial charge in [0.05, 0.1) is 12.3 Å². The number of rotatable bonds is 5. The number of piperazine rings is 1. The molecule has 0 aliphatic carbocycles. The molecular weight excluding hydrogens is 226 g/mol. The van der Waals surface area contributed by atoms with Crippen LogP contribution in [0.1, 0.15) is 32.1 Å². The fraction of sp³-hybridized carbons (Fsp3) is 0.714. The first-order valence-electron chi connectivity index (χ1n) is 6.97. The Hall–Kier alpha value is -0.840. The van der Waals surface area contributed by atoms with Crippen LogP contribution in [0.3, 0.4) is 0 Å². The average molecular weight is 251 g/mol. The Morgan fingerprint density at radius 1 is 1.50 bits per heavy atom. The molecule has 1 aromatic rings. The molecule has 1 saturated heterocycles. The molecular formula is C14H25N3O. The summed E-state index contributed by atoms with van der Waals surface area (Å²) in [5.41, 5.74) is 5.92. The lowest BCUT2D eigenvalue weighted by molar-refractivity contribution is 0.0509. The summed E-state index contributed by atoms with van der Waals surface area (Å²) in [7, 11) is 0. The lowest BCUT2D eigenvalue weighted by atomic mass is 10.1. The molecule has 2 N–H and O–H groups in total. The van der Waals surface area contributed by atoms with Crippen LogP contribution in [0, 0.1) is 0 Å². The van der Waals surface area contributed by atoms with Crippen LogP contribution in [0.15, 0.2) is 22.8 Å². The summed E-state index contributed by atoms with van der Waals surface area (Å²) in [6, 6.07) is 4.80. The molecule has 0 saturated carbocycles. The van der Waals surface area contributed by atoms with Gasteiger partial charge in [-0.15, -0.1) is 0 Å². The highest BCUT2D eigenvalue weighted by Crippen LogP contribution is 2.23. The zero-order valence-corrected chi connectivity index (χ0v) is 11.5. The molecule has 102 valence electrons. The van der Waals surface area contributed by atoms with Crippen LogP contribution < -0.4 is 5.73 Å². The number of nitrogens with two attached hydrogens (primary N) is 1. The standard InChI is InChI=1S/C14H25N3O/c1-3-6-16-7-8-17(11-12(16)2)13(10-15)14-5-4-9-18-14/h4-5,9,12-13H,3,6-8,10-11,15H2,1-2H3. The first-order valence-corrected chi connectivity index (χ1v) is 6.97. The maximum Gasteiger partial charge on any atom is 0.122 e. The molecule has 1 aliphatic heterocycles. The Labute approximate surface area is 110 Å². The summed E-state index contributed by atoms with van der Waals surface area (Å²) in [4.78, 5) is 5.02. The van der Waals surface area contributed by atoms with E-state index in [1.54, 1.807) is 6.26 Å². The van der Waals surface area contributed by atoms with Crippen molar-refractivity contribution in [1.82, 2.24) is 9.80 Å². The highest BCUT2D eigenvalue weighted by molar-refractivity contribution is 5.06. The van der Waals surface area contributed by atoms with Gasteiger partial charge in [0.25, 0.3) is 0 Å². The van der Waals surface area contributed by atoms with Crippen molar-refractivity contribution in [3.63, 3.8) is 0 Å². The molecule has 2 heterocycles. The van der Waals surface area contributed by atoms with Gasteiger partial charge in [0.15, 0.2) is 0 Å². The van der Waals surface area contributed by atoms with Gasteiger partial charge in [0.1, 0.15) is 5.76 Å². The highest BCUT2D eigenvalue weighted by Gasteiger charge is 2.29. The predicted molar refractivity (Wildman–Crippen MR) is 73.4 cm³/mol. The van der Waals surface area contributed by atoms with E-state index in [-0.39, 0.29) is 6.04 Å². The van der Waals surface area contributed by atoms with Gasteiger partial charge in [0.2, 0.25) is 0 Å². The Morgan fingerprint density at radius 3 is 2.89 bits per heavy atom. The normalized spacial score (nSPS) is 24.3. The van der Waals surface area contributed by atoms with E-state index in [0.717, 1.165) is 25.4 Å². The molecule has 2 rings (SSSR count). The molecule has 0 radical (unpaired) electrons. The Balaban J connectivity index is 1.98. The van der Waals surface area contributed by atoms with Gasteiger partial charge in [-0.1, -0.05) is 6.92 Å². The summed E-state index contributed by atoms with van der Waals surface area (Å²) in [5.74, 6) is 0.994. The van der Waals surface area contributed by atoms with E-state index in [4.69, 9.17) is 10.2 Å². The van der Waals surface area contributed by atoms with Crippen molar-refractivity contribution in [2.24, 2.45) is 5.73 Å². The van der Waals surface area contributed by atoms with Crippen LogP contribution in [0.5, 0.6) is 0 Å². The van der Waals surface area contributed by atoms with Crippen molar-refractivity contribution >= 4 is 0 Å². The number of furan rings is 1. The van der Waals surface area contributed by atoms with Gasteiger partial charge in [-0.3, -0.25) is 9.80 Å². The second-order valence-electron chi connectivity index (χ2n) is 5.15. The lowest BCUT2D eigenvalue weighted by Gasteiger charge is -2.42. The molecule has 4 heteroatoms. The molecule has 1 aliphatic rings. The van der Waals surface area contributed by atoms with E-state index >= 15 is 0 Å². The van der Waals surface area contributed by atoms with Crippen LogP contribution in [-0.2, 0) is 0 Å². The van der Waals surface area contributed by atoms with Gasteiger partial charge in [-0.05, 0) is 32.0 Å². The molecule has 4 nitrogen and oxygen atoms in total. The first-order chi connectivity index (χ1) is 8.76. The zero-order valence-electron chi connectivity index (χ0n) is 11.5. The third-order valence-corrected chi connectivity index (χ3v) is 3.84. The minimum absolute atomic E-state index is 0.228. The monoisotopic (exact) mass is 251 g/mol. The van der Waals surface area contributed by atoms with Gasteiger partial charge < -0.3 is 10.2 Å². The number of hydrogen-bond donors (Lipinski definition) is 1. The summed E-state index contributed by atoms with van der Waals surface area (Å²) in [5, 5.41) is 0. The Kier molecular flexibility index (Phi) is 4.80. The Morgan fingerprint density at radius 2 is 2.33 bits per heavy atom. The van der Waals surface area contributed by atoms with Gasteiger partial charge in [-0.2, -0.15) is 0 Å². The van der Waals surface area contributed by atoms with Crippen molar-refractivity contribution in [2.45, 2.75) is 32.4 Å². The summed E-state index contributed by atoms with van der Waals surface area (Å²) < 4.78 is 5.51. The molecule has 0 aromatic carbocycles. The SMILES string of the molecule is CCCN1CCN(C(CN)c2ccco2)CC1C. The largest absolute Gasteiger partial charge is 0.468 e. The minimum atomic E-state index is 0.228. The van der Waals surface area contributed by atoms with E-state index in [0.29, 0.717) is 12.6 Å². The molecule has 0 amide bonds.